The van der Waals surface area contributed by atoms with Crippen molar-refractivity contribution in [2.24, 2.45) is 0 Å². The zero-order chi connectivity index (χ0) is 11.9. The molecule has 2 N–H and O–H groups in total. The fourth-order valence-corrected chi connectivity index (χ4v) is 1.09. The SMILES string of the molecule is Cl.FC(F)(F)COCCCNCc1ccn[nH]1. The highest BCUT2D eigenvalue weighted by atomic mass is 35.5. The van der Waals surface area contributed by atoms with Crippen molar-refractivity contribution >= 4 is 12.4 Å². The topological polar surface area (TPSA) is 49.9 Å². The molecule has 0 aliphatic rings. The highest BCUT2D eigenvalue weighted by molar-refractivity contribution is 5.85. The fraction of sp³-hybridized carbons (Fsp3) is 0.667. The summed E-state index contributed by atoms with van der Waals surface area (Å²) in [6.07, 6.45) is -2.04. The predicted octanol–water partition coefficient (Wildman–Crippen LogP) is 1.89. The Morgan fingerprint density at radius 2 is 2.18 bits per heavy atom. The number of ether oxygens (including phenoxy) is 1. The van der Waals surface area contributed by atoms with Crippen LogP contribution in [0.4, 0.5) is 13.2 Å². The van der Waals surface area contributed by atoms with E-state index in [0.717, 1.165) is 5.69 Å². The number of aromatic nitrogens is 2. The Kier molecular flexibility index (Phi) is 7.94. The van der Waals surface area contributed by atoms with E-state index in [0.29, 0.717) is 19.5 Å². The second kappa shape index (κ2) is 8.32. The average Bonchev–Trinajstić information content (AvgIpc) is 2.67. The van der Waals surface area contributed by atoms with E-state index in [1.165, 1.54) is 0 Å². The molecular formula is C9H15ClF3N3O. The highest BCUT2D eigenvalue weighted by Crippen LogP contribution is 2.14. The van der Waals surface area contributed by atoms with E-state index in [4.69, 9.17) is 0 Å². The molecule has 1 heterocycles. The lowest BCUT2D eigenvalue weighted by molar-refractivity contribution is -0.173. The number of H-pyrrole nitrogens is 1. The summed E-state index contributed by atoms with van der Waals surface area (Å²) in [6, 6.07) is 1.83. The summed E-state index contributed by atoms with van der Waals surface area (Å²) in [4.78, 5) is 0. The van der Waals surface area contributed by atoms with Gasteiger partial charge in [0.15, 0.2) is 0 Å². The van der Waals surface area contributed by atoms with Crippen LogP contribution in [-0.2, 0) is 11.3 Å². The van der Waals surface area contributed by atoms with Gasteiger partial charge in [0.25, 0.3) is 0 Å². The van der Waals surface area contributed by atoms with E-state index in [1.807, 2.05) is 6.07 Å². The van der Waals surface area contributed by atoms with Gasteiger partial charge in [-0.1, -0.05) is 0 Å². The lowest BCUT2D eigenvalue weighted by Gasteiger charge is -2.07. The lowest BCUT2D eigenvalue weighted by atomic mass is 10.4. The second-order valence-corrected chi connectivity index (χ2v) is 3.28. The molecule has 0 aromatic carbocycles. The van der Waals surface area contributed by atoms with Crippen LogP contribution < -0.4 is 5.32 Å². The minimum Gasteiger partial charge on any atom is -0.372 e. The summed E-state index contributed by atoms with van der Waals surface area (Å²) in [5.74, 6) is 0. The van der Waals surface area contributed by atoms with Crippen molar-refractivity contribution in [3.8, 4) is 0 Å². The van der Waals surface area contributed by atoms with Gasteiger partial charge >= 0.3 is 6.18 Å². The molecule has 0 saturated heterocycles. The quantitative estimate of drug-likeness (QED) is 0.746. The number of aromatic amines is 1. The van der Waals surface area contributed by atoms with Crippen molar-refractivity contribution in [1.82, 2.24) is 15.5 Å². The molecule has 0 spiro atoms. The van der Waals surface area contributed by atoms with Gasteiger partial charge in [0, 0.05) is 25.0 Å². The molecule has 0 aliphatic heterocycles. The first kappa shape index (κ1) is 16.2. The van der Waals surface area contributed by atoms with Gasteiger partial charge in [0.1, 0.15) is 6.61 Å². The maximum absolute atomic E-state index is 11.7. The van der Waals surface area contributed by atoms with Crippen molar-refractivity contribution in [3.63, 3.8) is 0 Å². The van der Waals surface area contributed by atoms with E-state index in [9.17, 15) is 13.2 Å². The number of nitrogens with zero attached hydrogens (tertiary/aromatic N) is 1. The van der Waals surface area contributed by atoms with Crippen molar-refractivity contribution in [1.29, 1.82) is 0 Å². The third-order valence-corrected chi connectivity index (χ3v) is 1.78. The molecule has 1 aromatic rings. The molecule has 0 atom stereocenters. The van der Waals surface area contributed by atoms with Crippen molar-refractivity contribution < 1.29 is 17.9 Å². The molecule has 0 saturated carbocycles. The largest absolute Gasteiger partial charge is 0.411 e. The first-order valence-corrected chi connectivity index (χ1v) is 4.91. The van der Waals surface area contributed by atoms with E-state index >= 15 is 0 Å². The van der Waals surface area contributed by atoms with Crippen LogP contribution in [0.2, 0.25) is 0 Å². The molecule has 0 unspecified atom stereocenters. The predicted molar refractivity (Wildman–Crippen MR) is 59.0 cm³/mol. The number of rotatable bonds is 7. The van der Waals surface area contributed by atoms with Crippen LogP contribution in [-0.4, -0.2) is 36.1 Å². The van der Waals surface area contributed by atoms with E-state index in [2.05, 4.69) is 20.3 Å². The van der Waals surface area contributed by atoms with E-state index in [1.54, 1.807) is 6.20 Å². The molecule has 8 heteroatoms. The fourth-order valence-electron chi connectivity index (χ4n) is 1.09. The Morgan fingerprint density at radius 1 is 1.41 bits per heavy atom. The first-order chi connectivity index (χ1) is 7.58. The molecule has 1 aromatic heterocycles. The Balaban J connectivity index is 0.00000256. The third kappa shape index (κ3) is 8.96. The van der Waals surface area contributed by atoms with Crippen molar-refractivity contribution in [2.75, 3.05) is 19.8 Å². The van der Waals surface area contributed by atoms with Crippen LogP contribution in [0, 0.1) is 0 Å². The molecule has 17 heavy (non-hydrogen) atoms. The molecule has 4 nitrogen and oxygen atoms in total. The Bertz CT molecular complexity index is 280. The summed E-state index contributed by atoms with van der Waals surface area (Å²) in [5, 5.41) is 9.58. The molecular weight excluding hydrogens is 259 g/mol. The zero-order valence-corrected chi connectivity index (χ0v) is 9.90. The number of halogens is 4. The summed E-state index contributed by atoms with van der Waals surface area (Å²) in [6.45, 7) is 0.166. The summed E-state index contributed by atoms with van der Waals surface area (Å²) in [5.41, 5.74) is 0.941. The summed E-state index contributed by atoms with van der Waals surface area (Å²) in [7, 11) is 0. The number of alkyl halides is 3. The van der Waals surface area contributed by atoms with Gasteiger partial charge in [-0.25, -0.2) is 0 Å². The molecule has 0 bridgehead atoms. The third-order valence-electron chi connectivity index (χ3n) is 1.78. The molecule has 0 amide bonds. The smallest absolute Gasteiger partial charge is 0.372 e. The van der Waals surface area contributed by atoms with Crippen LogP contribution in [0.1, 0.15) is 12.1 Å². The normalized spacial score (nSPS) is 11.2. The molecule has 0 aliphatic carbocycles. The Labute approximate surface area is 103 Å². The second-order valence-electron chi connectivity index (χ2n) is 3.28. The van der Waals surface area contributed by atoms with Gasteiger partial charge in [-0.2, -0.15) is 18.3 Å². The zero-order valence-electron chi connectivity index (χ0n) is 9.09. The summed E-state index contributed by atoms with van der Waals surface area (Å²) >= 11 is 0. The van der Waals surface area contributed by atoms with Gasteiger partial charge in [-0.05, 0) is 19.0 Å². The molecule has 100 valence electrons. The molecule has 0 fully saturated rings. The number of hydrogen-bond donors (Lipinski definition) is 2. The first-order valence-electron chi connectivity index (χ1n) is 4.91. The lowest BCUT2D eigenvalue weighted by Crippen LogP contribution is -2.20. The van der Waals surface area contributed by atoms with Crippen molar-refractivity contribution in [3.05, 3.63) is 18.0 Å². The average molecular weight is 274 g/mol. The van der Waals surface area contributed by atoms with Gasteiger partial charge < -0.3 is 10.1 Å². The number of nitrogens with one attached hydrogen (secondary N) is 2. The highest BCUT2D eigenvalue weighted by Gasteiger charge is 2.27. The number of hydrogen-bond acceptors (Lipinski definition) is 3. The van der Waals surface area contributed by atoms with Crippen molar-refractivity contribution in [2.45, 2.75) is 19.1 Å². The van der Waals surface area contributed by atoms with Crippen LogP contribution in [0.5, 0.6) is 0 Å². The van der Waals surface area contributed by atoms with Crippen LogP contribution >= 0.6 is 12.4 Å². The monoisotopic (exact) mass is 273 g/mol. The van der Waals surface area contributed by atoms with Gasteiger partial charge in [0.05, 0.1) is 0 Å². The van der Waals surface area contributed by atoms with Crippen LogP contribution in [0.15, 0.2) is 12.3 Å². The van der Waals surface area contributed by atoms with E-state index in [-0.39, 0.29) is 19.0 Å². The minimum atomic E-state index is -4.23. The van der Waals surface area contributed by atoms with Gasteiger partial charge in [-0.3, -0.25) is 5.10 Å². The molecule has 1 rings (SSSR count). The van der Waals surface area contributed by atoms with Crippen LogP contribution in [0.25, 0.3) is 0 Å². The molecule has 0 radical (unpaired) electrons. The van der Waals surface area contributed by atoms with Gasteiger partial charge in [0.2, 0.25) is 0 Å². The maximum atomic E-state index is 11.7. The van der Waals surface area contributed by atoms with E-state index < -0.39 is 12.8 Å². The van der Waals surface area contributed by atoms with Gasteiger partial charge in [-0.15, -0.1) is 12.4 Å². The maximum Gasteiger partial charge on any atom is 0.411 e. The standard InChI is InChI=1S/C9H14F3N3O.ClH/c10-9(11,12)7-16-5-1-3-13-6-8-2-4-14-15-8;/h2,4,13H,1,3,5-7H2,(H,14,15);1H. The minimum absolute atomic E-state index is 0. The summed E-state index contributed by atoms with van der Waals surface area (Å²) < 4.78 is 39.4. The Morgan fingerprint density at radius 3 is 2.76 bits per heavy atom. The Hall–Kier alpha value is -0.790. The van der Waals surface area contributed by atoms with Crippen LogP contribution in [0.3, 0.4) is 0 Å².